The lowest BCUT2D eigenvalue weighted by atomic mass is 10.0. The molecule has 0 fully saturated rings. The summed E-state index contributed by atoms with van der Waals surface area (Å²) < 4.78 is 6.68. The third-order valence-corrected chi connectivity index (χ3v) is 4.75. The first-order chi connectivity index (χ1) is 13.9. The summed E-state index contributed by atoms with van der Waals surface area (Å²) >= 11 is 0. The van der Waals surface area contributed by atoms with Gasteiger partial charge in [-0.1, -0.05) is 44.2 Å². The molecule has 0 bridgehead atoms. The Morgan fingerprint density at radius 1 is 1.10 bits per heavy atom. The number of carbonyl (C=O) groups is 1. The zero-order chi connectivity index (χ0) is 20.5. The third kappa shape index (κ3) is 3.54. The van der Waals surface area contributed by atoms with Crippen molar-refractivity contribution < 1.29 is 9.21 Å². The van der Waals surface area contributed by atoms with E-state index < -0.39 is 5.56 Å². The van der Waals surface area contributed by atoms with Crippen molar-refractivity contribution >= 4 is 17.4 Å². The van der Waals surface area contributed by atoms with Gasteiger partial charge in [-0.05, 0) is 42.2 Å². The number of carbonyl (C=O) groups excluding carboxylic acids is 1. The number of hydrogen-bond donors (Lipinski definition) is 1. The molecule has 1 N–H and O–H groups in total. The molecule has 0 saturated heterocycles. The van der Waals surface area contributed by atoms with Gasteiger partial charge >= 0.3 is 11.4 Å². The molecule has 29 heavy (non-hydrogen) atoms. The van der Waals surface area contributed by atoms with E-state index in [1.54, 1.807) is 12.1 Å². The van der Waals surface area contributed by atoms with Crippen LogP contribution in [0.25, 0.3) is 17.3 Å². The van der Waals surface area contributed by atoms with Crippen LogP contribution in [0.1, 0.15) is 41.3 Å². The molecule has 146 valence electrons. The minimum atomic E-state index is -0.509. The van der Waals surface area contributed by atoms with Gasteiger partial charge in [-0.25, -0.2) is 4.98 Å². The molecule has 0 saturated carbocycles. The molecule has 0 aliphatic rings. The van der Waals surface area contributed by atoms with E-state index in [1.165, 1.54) is 11.8 Å². The van der Waals surface area contributed by atoms with Crippen LogP contribution in [-0.2, 0) is 0 Å². The van der Waals surface area contributed by atoms with Crippen molar-refractivity contribution in [1.82, 2.24) is 14.6 Å². The number of hydrogen-bond acceptors (Lipinski definition) is 5. The van der Waals surface area contributed by atoms with E-state index in [0.29, 0.717) is 11.5 Å². The maximum absolute atomic E-state index is 12.8. The van der Waals surface area contributed by atoms with Crippen molar-refractivity contribution in [2.24, 2.45) is 0 Å². The summed E-state index contributed by atoms with van der Waals surface area (Å²) in [7, 11) is 0. The van der Waals surface area contributed by atoms with Gasteiger partial charge in [-0.15, -0.1) is 9.61 Å². The molecule has 0 unspecified atom stereocenters. The van der Waals surface area contributed by atoms with Gasteiger partial charge in [0.15, 0.2) is 0 Å². The van der Waals surface area contributed by atoms with Crippen molar-refractivity contribution in [3.05, 3.63) is 81.8 Å². The molecule has 2 aromatic heterocycles. The van der Waals surface area contributed by atoms with Crippen molar-refractivity contribution in [3.8, 4) is 11.5 Å². The average molecular weight is 388 g/mol. The number of benzene rings is 2. The summed E-state index contributed by atoms with van der Waals surface area (Å²) in [6.07, 6.45) is 1.28. The molecular weight excluding hydrogens is 368 g/mol. The Balaban J connectivity index is 1.67. The zero-order valence-corrected chi connectivity index (χ0v) is 16.3. The number of aromatic nitrogens is 3. The second-order valence-electron chi connectivity index (χ2n) is 7.12. The van der Waals surface area contributed by atoms with E-state index in [0.717, 1.165) is 15.6 Å². The predicted molar refractivity (Wildman–Crippen MR) is 110 cm³/mol. The van der Waals surface area contributed by atoms with Gasteiger partial charge in [0, 0.05) is 11.1 Å². The van der Waals surface area contributed by atoms with Gasteiger partial charge in [0.25, 0.3) is 5.91 Å². The Hall–Kier alpha value is -3.74. The van der Waals surface area contributed by atoms with Crippen molar-refractivity contribution in [3.63, 3.8) is 0 Å². The lowest BCUT2D eigenvalue weighted by Gasteiger charge is -2.06. The average Bonchev–Trinajstić information content (AvgIpc) is 3.15. The highest BCUT2D eigenvalue weighted by Crippen LogP contribution is 2.22. The molecule has 0 radical (unpaired) electrons. The Kier molecular flexibility index (Phi) is 4.72. The summed E-state index contributed by atoms with van der Waals surface area (Å²) in [4.78, 5) is 29.4. The quantitative estimate of drug-likeness (QED) is 0.570. The fraction of sp³-hybridized carbons (Fsp3) is 0.182. The van der Waals surface area contributed by atoms with Crippen LogP contribution in [0.4, 0.5) is 5.69 Å². The summed E-state index contributed by atoms with van der Waals surface area (Å²) in [5.41, 5.74) is 2.76. The molecule has 2 aromatic carbocycles. The molecule has 2 heterocycles. The van der Waals surface area contributed by atoms with E-state index in [4.69, 9.17) is 4.42 Å². The number of fused-ring (bicyclic) bond motifs is 1. The maximum Gasteiger partial charge on any atom is 0.328 e. The van der Waals surface area contributed by atoms with Crippen LogP contribution in [0.15, 0.2) is 63.9 Å². The van der Waals surface area contributed by atoms with Crippen LogP contribution < -0.4 is 10.9 Å². The van der Waals surface area contributed by atoms with Crippen LogP contribution >= 0.6 is 0 Å². The van der Waals surface area contributed by atoms with Crippen LogP contribution in [0.2, 0.25) is 0 Å². The van der Waals surface area contributed by atoms with Crippen LogP contribution in [0.3, 0.4) is 0 Å². The topological polar surface area (TPSA) is 89.5 Å². The number of nitrogens with one attached hydrogen (secondary N) is 1. The van der Waals surface area contributed by atoms with Crippen molar-refractivity contribution in [2.75, 3.05) is 5.32 Å². The molecule has 4 rings (SSSR count). The fourth-order valence-electron chi connectivity index (χ4n) is 3.02. The van der Waals surface area contributed by atoms with E-state index in [1.807, 2.05) is 43.3 Å². The lowest BCUT2D eigenvalue weighted by Crippen LogP contribution is -2.23. The van der Waals surface area contributed by atoms with Gasteiger partial charge in [-0.3, -0.25) is 9.59 Å². The standard InChI is InChI=1S/C22H20N4O3/c1-13(2)15-8-10-16(11-9-15)20-25-26-21(28)18(12-23-22(26)29-20)24-19(27)17-7-5-4-6-14(17)3/h4-13H,1-3H3,(H,24,27). The number of anilines is 1. The fourth-order valence-corrected chi connectivity index (χ4v) is 3.02. The molecule has 7 nitrogen and oxygen atoms in total. The van der Waals surface area contributed by atoms with E-state index in [2.05, 4.69) is 29.2 Å². The number of rotatable bonds is 4. The van der Waals surface area contributed by atoms with Crippen LogP contribution in [0.5, 0.6) is 0 Å². The minimum Gasteiger partial charge on any atom is -0.403 e. The van der Waals surface area contributed by atoms with E-state index in [-0.39, 0.29) is 23.3 Å². The second kappa shape index (κ2) is 7.35. The smallest absolute Gasteiger partial charge is 0.328 e. The molecule has 0 atom stereocenters. The number of nitrogens with zero attached hydrogens (tertiary/aromatic N) is 3. The second-order valence-corrected chi connectivity index (χ2v) is 7.12. The summed E-state index contributed by atoms with van der Waals surface area (Å²) in [5.74, 6) is 0.380. The molecule has 0 spiro atoms. The lowest BCUT2D eigenvalue weighted by molar-refractivity contribution is 0.102. The van der Waals surface area contributed by atoms with Crippen molar-refractivity contribution in [1.29, 1.82) is 0 Å². The monoisotopic (exact) mass is 388 g/mol. The SMILES string of the molecule is Cc1ccccc1C(=O)Nc1cnc2oc(-c3ccc(C(C)C)cc3)nn2c1=O. The Morgan fingerprint density at radius 3 is 2.52 bits per heavy atom. The van der Waals surface area contributed by atoms with Gasteiger partial charge in [0.05, 0.1) is 6.20 Å². The molecule has 7 heteroatoms. The molecular formula is C22H20N4O3. The Bertz CT molecular complexity index is 1250. The number of amides is 1. The van der Waals surface area contributed by atoms with Crippen LogP contribution in [-0.4, -0.2) is 20.5 Å². The highest BCUT2D eigenvalue weighted by atomic mass is 16.4. The predicted octanol–water partition coefficient (Wildman–Crippen LogP) is 4.03. The third-order valence-electron chi connectivity index (χ3n) is 4.75. The molecule has 0 aliphatic carbocycles. The highest BCUT2D eigenvalue weighted by molar-refractivity contribution is 6.05. The molecule has 1 amide bonds. The zero-order valence-electron chi connectivity index (χ0n) is 16.3. The largest absolute Gasteiger partial charge is 0.403 e. The van der Waals surface area contributed by atoms with Gasteiger partial charge in [0.2, 0.25) is 5.89 Å². The van der Waals surface area contributed by atoms with Gasteiger partial charge < -0.3 is 9.73 Å². The van der Waals surface area contributed by atoms with E-state index >= 15 is 0 Å². The minimum absolute atomic E-state index is 0.0331. The highest BCUT2D eigenvalue weighted by Gasteiger charge is 2.16. The first-order valence-corrected chi connectivity index (χ1v) is 9.30. The van der Waals surface area contributed by atoms with E-state index in [9.17, 15) is 9.59 Å². The number of aryl methyl sites for hydroxylation is 1. The Morgan fingerprint density at radius 2 is 1.83 bits per heavy atom. The normalized spacial score (nSPS) is 11.2. The molecule has 0 aliphatic heterocycles. The first-order valence-electron chi connectivity index (χ1n) is 9.30. The summed E-state index contributed by atoms with van der Waals surface area (Å²) in [6.45, 7) is 6.06. The van der Waals surface area contributed by atoms with Crippen molar-refractivity contribution in [2.45, 2.75) is 26.7 Å². The molecule has 4 aromatic rings. The Labute approximate surface area is 167 Å². The first kappa shape index (κ1) is 18.6. The summed E-state index contributed by atoms with van der Waals surface area (Å²) in [6, 6.07) is 14.9. The summed E-state index contributed by atoms with van der Waals surface area (Å²) in [5, 5.41) is 6.85. The van der Waals surface area contributed by atoms with Gasteiger partial charge in [-0.2, -0.15) is 0 Å². The van der Waals surface area contributed by atoms with Gasteiger partial charge in [0.1, 0.15) is 5.69 Å². The van der Waals surface area contributed by atoms with Crippen LogP contribution in [0, 0.1) is 6.92 Å². The maximum atomic E-state index is 12.8.